The Bertz CT molecular complexity index is 7200. The zero-order chi connectivity index (χ0) is 76.2. The smallest absolute Gasteiger partial charge is 0.232 e. The van der Waals surface area contributed by atoms with E-state index in [9.17, 15) is 26.3 Å². The van der Waals surface area contributed by atoms with Crippen LogP contribution in [0.4, 0.5) is 26.3 Å². The van der Waals surface area contributed by atoms with Crippen LogP contribution in [0.15, 0.2) is 242 Å². The number of nitrogens with zero attached hydrogens (tertiary/aromatic N) is 8. The van der Waals surface area contributed by atoms with Crippen LogP contribution < -0.4 is 18.3 Å². The second-order valence-corrected chi connectivity index (χ2v) is 28.4. The number of rotatable bonds is 6. The number of furan rings is 4. The summed E-state index contributed by atoms with van der Waals surface area (Å²) in [6.07, 6.45) is 0.996. The van der Waals surface area contributed by atoms with Gasteiger partial charge in [0.25, 0.3) is 0 Å². The molecule has 8 aromatic carbocycles. The highest BCUT2D eigenvalue weighted by Gasteiger charge is 2.30. The number of pyridine rings is 8. The maximum absolute atomic E-state index is 14.8. The summed E-state index contributed by atoms with van der Waals surface area (Å²) in [6, 6.07) is 70.7. The molecule has 0 bridgehead atoms. The predicted octanol–water partition coefficient (Wildman–Crippen LogP) is 21.8. The third kappa shape index (κ3) is 12.0. The SMILES string of the molecule is Cc1cc(F)c2c(oc3nc(F)ccc32)c1-c1ccc2ccccc2[n+]1C.Cc1ccc2c(oc3nc(F)cc(F)c32)c1-c1ccc2ccccc2[n+]1C.Cc1ccc2c(oc3nc(F)ccc32)c1-c1cc(CC(C)C)c2ccccc2[n+]1C.Cc1ccc2c(oc3nc(F)ccc32)c1-c1ccc2ccccc2[n+]1C. The van der Waals surface area contributed by atoms with Crippen molar-refractivity contribution >= 4 is 132 Å². The van der Waals surface area contributed by atoms with Gasteiger partial charge in [0.2, 0.25) is 91.5 Å². The minimum Gasteiger partial charge on any atom is -0.437 e. The number of aromatic nitrogens is 8. The fourth-order valence-electron chi connectivity index (χ4n) is 15.8. The van der Waals surface area contributed by atoms with Gasteiger partial charge in [-0.05, 0) is 153 Å². The average molecular weight is 1470 g/mol. The highest BCUT2D eigenvalue weighted by atomic mass is 19.2. The number of halogens is 6. The molecule has 12 aromatic heterocycles. The predicted molar refractivity (Wildman–Crippen MR) is 420 cm³/mol. The third-order valence-electron chi connectivity index (χ3n) is 21.0. The minimum absolute atomic E-state index is 0.0298. The van der Waals surface area contributed by atoms with Crippen molar-refractivity contribution in [2.75, 3.05) is 0 Å². The molecule has 0 fully saturated rings. The summed E-state index contributed by atoms with van der Waals surface area (Å²) < 4.78 is 116. The summed E-state index contributed by atoms with van der Waals surface area (Å²) in [4.78, 5) is 15.4. The average Bonchev–Trinajstić information content (AvgIpc) is 1.58. The van der Waals surface area contributed by atoms with E-state index in [0.29, 0.717) is 44.7 Å². The molecule has 12 heterocycles. The Morgan fingerprint density at radius 1 is 0.300 bits per heavy atom. The van der Waals surface area contributed by atoms with Crippen LogP contribution in [-0.4, -0.2) is 19.9 Å². The first-order valence-electron chi connectivity index (χ1n) is 36.0. The van der Waals surface area contributed by atoms with E-state index in [1.54, 1.807) is 18.2 Å². The summed E-state index contributed by atoms with van der Waals surface area (Å²) in [5, 5.41) is 9.82. The topological polar surface area (TPSA) is 120 Å². The normalized spacial score (nSPS) is 11.8. The van der Waals surface area contributed by atoms with Crippen molar-refractivity contribution in [3.63, 3.8) is 0 Å². The molecule has 12 nitrogen and oxygen atoms in total. The fourth-order valence-corrected chi connectivity index (χ4v) is 15.8. The first-order chi connectivity index (χ1) is 53.2. The summed E-state index contributed by atoms with van der Waals surface area (Å²) in [7, 11) is 8.09. The first kappa shape index (κ1) is 69.8. The lowest BCUT2D eigenvalue weighted by molar-refractivity contribution is -0.633. The second kappa shape index (κ2) is 27.5. The van der Waals surface area contributed by atoms with Gasteiger partial charge in [0.1, 0.15) is 39.8 Å². The fraction of sp³-hybridized carbons (Fsp3) is 0.130. The van der Waals surface area contributed by atoms with Gasteiger partial charge >= 0.3 is 0 Å². The standard InChI is InChI=1S/C26H24FN2O.2C22H15F2N2O.C22H16FN2O/c1-15(2)13-17-14-22(29(4)21-8-6-5-7-18(17)21)24-16(3)9-10-19-20-11-12-23(27)28-26(20)30-25(19)24;1-12-11-15(23)20-14-8-10-18(24)25-22(14)27-21(20)19(12)17-9-7-13-5-3-4-6-16(13)26(17)2;1-12-7-9-14-20-15(23)11-18(24)25-22(20)27-21(14)19(12)17-10-8-13-5-3-4-6-16(13)26(17)2;1-13-7-9-15-16-10-12-19(23)24-22(16)26-21(15)20(13)18-11-8-14-5-3-4-6-17(14)25(18)2/h5-12,14-15H,13H2,1-4H3;2*3-11H,1-2H3;3-12H,1-2H3/q4*+1. The molecule has 540 valence electrons. The molecule has 0 radical (unpaired) electrons. The maximum atomic E-state index is 14.8. The second-order valence-electron chi connectivity index (χ2n) is 28.4. The zero-order valence-corrected chi connectivity index (χ0v) is 61.6. The van der Waals surface area contributed by atoms with E-state index in [4.69, 9.17) is 17.7 Å². The van der Waals surface area contributed by atoms with Crippen molar-refractivity contribution in [2.45, 2.75) is 48.0 Å². The zero-order valence-electron chi connectivity index (χ0n) is 61.6. The van der Waals surface area contributed by atoms with Gasteiger partial charge in [0, 0.05) is 103 Å². The number of hydrogen-bond acceptors (Lipinski definition) is 8. The van der Waals surface area contributed by atoms with E-state index in [0.717, 1.165) is 140 Å². The molecule has 110 heavy (non-hydrogen) atoms. The quantitative estimate of drug-likeness (QED) is 0.0917. The highest BCUT2D eigenvalue weighted by Crippen LogP contribution is 2.43. The molecule has 0 aliphatic rings. The molecule has 0 unspecified atom stereocenters. The Hall–Kier alpha value is -13.2. The summed E-state index contributed by atoms with van der Waals surface area (Å²) >= 11 is 0. The Kier molecular flexibility index (Phi) is 17.5. The third-order valence-corrected chi connectivity index (χ3v) is 21.0. The molecule has 0 atom stereocenters. The summed E-state index contributed by atoms with van der Waals surface area (Å²) in [5.74, 6) is -3.15. The van der Waals surface area contributed by atoms with Crippen molar-refractivity contribution in [1.29, 1.82) is 0 Å². The Morgan fingerprint density at radius 3 is 1.15 bits per heavy atom. The van der Waals surface area contributed by atoms with E-state index in [-0.39, 0.29) is 16.8 Å². The molecule has 0 amide bonds. The number of hydrogen-bond donors (Lipinski definition) is 0. The Morgan fingerprint density at radius 2 is 0.664 bits per heavy atom. The first-order valence-corrected chi connectivity index (χ1v) is 36.0. The molecular formula is C92H70F6N8O4+4. The van der Waals surface area contributed by atoms with Gasteiger partial charge < -0.3 is 17.7 Å². The van der Waals surface area contributed by atoms with Crippen LogP contribution in [-0.2, 0) is 34.6 Å². The largest absolute Gasteiger partial charge is 0.437 e. The number of aryl methyl sites for hydroxylation is 8. The van der Waals surface area contributed by atoms with Crippen LogP contribution in [0.25, 0.3) is 177 Å². The van der Waals surface area contributed by atoms with Gasteiger partial charge in [-0.25, -0.2) is 8.78 Å². The van der Waals surface area contributed by atoms with Gasteiger partial charge in [0.15, 0.2) is 22.3 Å². The maximum Gasteiger partial charge on any atom is 0.232 e. The van der Waals surface area contributed by atoms with Crippen molar-refractivity contribution in [1.82, 2.24) is 19.9 Å². The van der Waals surface area contributed by atoms with Crippen LogP contribution in [0, 0.1) is 69.0 Å². The molecule has 0 aliphatic carbocycles. The molecular weight excluding hydrogens is 1400 g/mol. The van der Waals surface area contributed by atoms with E-state index >= 15 is 0 Å². The lowest BCUT2D eigenvalue weighted by Gasteiger charge is -2.12. The van der Waals surface area contributed by atoms with E-state index in [2.05, 4.69) is 153 Å². The van der Waals surface area contributed by atoms with E-state index < -0.39 is 35.4 Å². The molecule has 0 spiro atoms. The van der Waals surface area contributed by atoms with E-state index in [1.807, 2.05) is 125 Å². The number of benzene rings is 8. The van der Waals surface area contributed by atoms with Gasteiger partial charge in [-0.1, -0.05) is 98.8 Å². The Labute approximate surface area is 625 Å². The van der Waals surface area contributed by atoms with Crippen molar-refractivity contribution in [3.05, 3.63) is 288 Å². The monoisotopic (exact) mass is 1460 g/mol. The van der Waals surface area contributed by atoms with Crippen molar-refractivity contribution in [3.8, 4) is 45.0 Å². The van der Waals surface area contributed by atoms with Gasteiger partial charge in [-0.15, -0.1) is 0 Å². The molecule has 0 saturated carbocycles. The lowest BCUT2D eigenvalue weighted by Crippen LogP contribution is -2.33. The molecule has 0 N–H and O–H groups in total. The van der Waals surface area contributed by atoms with Crippen LogP contribution in [0.1, 0.15) is 41.7 Å². The van der Waals surface area contributed by atoms with Crippen LogP contribution in [0.5, 0.6) is 0 Å². The lowest BCUT2D eigenvalue weighted by atomic mass is 9.94. The van der Waals surface area contributed by atoms with Gasteiger partial charge in [0.05, 0.1) is 38.4 Å². The van der Waals surface area contributed by atoms with E-state index in [1.165, 1.54) is 52.2 Å². The molecule has 18 heteroatoms. The number of para-hydroxylation sites is 4. The van der Waals surface area contributed by atoms with Crippen LogP contribution in [0.2, 0.25) is 0 Å². The molecule has 0 aliphatic heterocycles. The molecule has 20 aromatic rings. The number of fused-ring (bicyclic) bond motifs is 16. The highest BCUT2D eigenvalue weighted by molar-refractivity contribution is 6.12. The van der Waals surface area contributed by atoms with Gasteiger partial charge in [-0.2, -0.15) is 55.8 Å². The molecule has 0 saturated heterocycles. The van der Waals surface area contributed by atoms with Gasteiger partial charge in [-0.3, -0.25) is 0 Å². The minimum atomic E-state index is -0.895. The van der Waals surface area contributed by atoms with Crippen LogP contribution in [0.3, 0.4) is 0 Å². The van der Waals surface area contributed by atoms with Crippen LogP contribution >= 0.6 is 0 Å². The van der Waals surface area contributed by atoms with Crippen molar-refractivity contribution in [2.24, 2.45) is 34.1 Å². The van der Waals surface area contributed by atoms with Crippen molar-refractivity contribution < 1.29 is 62.3 Å². The summed E-state index contributed by atoms with van der Waals surface area (Å²) in [5.41, 5.74) is 20.4. The Balaban J connectivity index is 0.000000107. The molecule has 20 rings (SSSR count). The summed E-state index contributed by atoms with van der Waals surface area (Å²) in [6.45, 7) is 12.5.